The zero-order valence-corrected chi connectivity index (χ0v) is 11.2. The predicted molar refractivity (Wildman–Crippen MR) is 72.1 cm³/mol. The number of methoxy groups -OCH3 is 1. The summed E-state index contributed by atoms with van der Waals surface area (Å²) in [5.74, 6) is 0.00556. The van der Waals surface area contributed by atoms with E-state index >= 15 is 0 Å². The summed E-state index contributed by atoms with van der Waals surface area (Å²) in [7, 11) is 1.32. The molecule has 0 amide bonds. The first-order chi connectivity index (χ1) is 9.04. The first kappa shape index (κ1) is 13.6. The lowest BCUT2D eigenvalue weighted by Crippen LogP contribution is -2.33. The third-order valence-corrected chi connectivity index (χ3v) is 3.25. The van der Waals surface area contributed by atoms with Gasteiger partial charge in [-0.15, -0.1) is 0 Å². The highest BCUT2D eigenvalue weighted by Crippen LogP contribution is 2.26. The maximum absolute atomic E-state index is 11.4. The third-order valence-electron chi connectivity index (χ3n) is 3.25. The van der Waals surface area contributed by atoms with E-state index in [1.165, 1.54) is 7.11 Å². The lowest BCUT2D eigenvalue weighted by atomic mass is 10.0. The number of carbonyl (C=O) groups excluding carboxylic acids is 1. The van der Waals surface area contributed by atoms with E-state index in [1.54, 1.807) is 12.1 Å². The number of nitrogens with one attached hydrogen (secondary N) is 1. The summed E-state index contributed by atoms with van der Waals surface area (Å²) in [6.07, 6.45) is 2.06. The van der Waals surface area contributed by atoms with Gasteiger partial charge in [-0.2, -0.15) is 0 Å². The second-order valence-corrected chi connectivity index (χ2v) is 4.88. The Morgan fingerprint density at radius 2 is 2.42 bits per heavy atom. The fraction of sp³-hybridized carbons (Fsp3) is 0.538. The van der Waals surface area contributed by atoms with Crippen LogP contribution in [0.1, 0.15) is 30.3 Å². The highest BCUT2D eigenvalue weighted by Gasteiger charge is 2.29. The van der Waals surface area contributed by atoms with Crippen LogP contribution in [0.5, 0.6) is 0 Å². The maximum Gasteiger partial charge on any atom is 0.356 e. The normalized spacial score (nSPS) is 22.2. The van der Waals surface area contributed by atoms with Crippen LogP contribution in [0.25, 0.3) is 0 Å². The second-order valence-electron chi connectivity index (χ2n) is 4.88. The molecule has 0 radical (unpaired) electrons. The molecule has 1 aliphatic rings. The molecule has 1 unspecified atom stereocenters. The molecule has 3 N–H and O–H groups in total. The molecule has 6 heteroatoms. The minimum Gasteiger partial charge on any atom is -0.464 e. The maximum atomic E-state index is 11.4. The Bertz CT molecular complexity index is 470. The zero-order valence-electron chi connectivity index (χ0n) is 11.2. The van der Waals surface area contributed by atoms with Crippen LogP contribution in [0.15, 0.2) is 12.1 Å². The minimum atomic E-state index is -0.480. The Morgan fingerprint density at radius 3 is 3.05 bits per heavy atom. The van der Waals surface area contributed by atoms with Crippen LogP contribution in [0.4, 0.5) is 11.5 Å². The number of nitrogen functional groups attached to an aromatic ring is 1. The van der Waals surface area contributed by atoms with Crippen LogP contribution in [0.3, 0.4) is 0 Å². The van der Waals surface area contributed by atoms with Gasteiger partial charge < -0.3 is 20.5 Å². The first-order valence-electron chi connectivity index (χ1n) is 6.27. The average Bonchev–Trinajstić information content (AvgIpc) is 2.84. The number of esters is 1. The van der Waals surface area contributed by atoms with Gasteiger partial charge in [-0.3, -0.25) is 0 Å². The molecule has 19 heavy (non-hydrogen) atoms. The quantitative estimate of drug-likeness (QED) is 0.801. The highest BCUT2D eigenvalue weighted by atomic mass is 16.5. The summed E-state index contributed by atoms with van der Waals surface area (Å²) in [6, 6.07) is 3.18. The Labute approximate surface area is 112 Å². The van der Waals surface area contributed by atoms with E-state index in [2.05, 4.69) is 15.0 Å². The molecular formula is C13H19N3O3. The Balaban J connectivity index is 2.08. The Kier molecular flexibility index (Phi) is 3.90. The number of ether oxygens (including phenoxy) is 2. The molecule has 1 atom stereocenters. The molecule has 0 aromatic carbocycles. The highest BCUT2D eigenvalue weighted by molar-refractivity contribution is 5.88. The summed E-state index contributed by atoms with van der Waals surface area (Å²) in [5.41, 5.74) is 6.37. The molecule has 2 rings (SSSR count). The van der Waals surface area contributed by atoms with Crippen LogP contribution in [0.2, 0.25) is 0 Å². The zero-order chi connectivity index (χ0) is 13.9. The summed E-state index contributed by atoms with van der Waals surface area (Å²) in [5, 5.41) is 3.15. The van der Waals surface area contributed by atoms with Crippen LogP contribution in [-0.4, -0.2) is 36.8 Å². The van der Waals surface area contributed by atoms with E-state index in [4.69, 9.17) is 10.5 Å². The molecule has 104 valence electrons. The van der Waals surface area contributed by atoms with Gasteiger partial charge in [-0.1, -0.05) is 0 Å². The molecule has 0 aliphatic carbocycles. The lowest BCUT2D eigenvalue weighted by molar-refractivity contribution is 0.0315. The van der Waals surface area contributed by atoms with Gasteiger partial charge in [0, 0.05) is 13.2 Å². The van der Waals surface area contributed by atoms with Crippen molar-refractivity contribution in [1.29, 1.82) is 0 Å². The largest absolute Gasteiger partial charge is 0.464 e. The Morgan fingerprint density at radius 1 is 1.63 bits per heavy atom. The van der Waals surface area contributed by atoms with Crippen molar-refractivity contribution in [3.63, 3.8) is 0 Å². The minimum absolute atomic E-state index is 0.199. The average molecular weight is 265 g/mol. The Hall–Kier alpha value is -1.82. The number of nitrogens with two attached hydrogens (primary N) is 1. The molecule has 1 saturated heterocycles. The van der Waals surface area contributed by atoms with Crippen molar-refractivity contribution in [2.75, 3.05) is 31.3 Å². The number of carbonyl (C=O) groups is 1. The molecule has 1 aromatic rings. The third kappa shape index (κ3) is 3.14. The molecular weight excluding hydrogens is 246 g/mol. The number of aromatic nitrogens is 1. The van der Waals surface area contributed by atoms with Crippen molar-refractivity contribution >= 4 is 17.5 Å². The van der Waals surface area contributed by atoms with Gasteiger partial charge >= 0.3 is 5.97 Å². The fourth-order valence-corrected chi connectivity index (χ4v) is 2.08. The van der Waals surface area contributed by atoms with Crippen molar-refractivity contribution in [1.82, 2.24) is 4.98 Å². The van der Waals surface area contributed by atoms with Gasteiger partial charge in [-0.05, 0) is 31.9 Å². The molecule has 6 nitrogen and oxygen atoms in total. The van der Waals surface area contributed by atoms with Gasteiger partial charge in [-0.25, -0.2) is 9.78 Å². The van der Waals surface area contributed by atoms with Crippen LogP contribution in [0, 0.1) is 0 Å². The van der Waals surface area contributed by atoms with Gasteiger partial charge in [0.05, 0.1) is 18.4 Å². The fourth-order valence-electron chi connectivity index (χ4n) is 2.08. The topological polar surface area (TPSA) is 86.5 Å². The SMILES string of the molecule is COC(=O)c1ccc(N)c(NCC2(C)CCCO2)n1. The summed E-state index contributed by atoms with van der Waals surface area (Å²) in [4.78, 5) is 15.6. The van der Waals surface area contributed by atoms with Gasteiger partial charge in [0.25, 0.3) is 0 Å². The van der Waals surface area contributed by atoms with Crippen LogP contribution < -0.4 is 11.1 Å². The van der Waals surface area contributed by atoms with Crippen molar-refractivity contribution < 1.29 is 14.3 Å². The van der Waals surface area contributed by atoms with Gasteiger partial charge in [0.2, 0.25) is 0 Å². The molecule has 1 aliphatic heterocycles. The van der Waals surface area contributed by atoms with Crippen molar-refractivity contribution in [2.45, 2.75) is 25.4 Å². The van der Waals surface area contributed by atoms with Crippen molar-refractivity contribution in [2.24, 2.45) is 0 Å². The smallest absolute Gasteiger partial charge is 0.356 e. The monoisotopic (exact) mass is 265 g/mol. The number of nitrogens with zero attached hydrogens (tertiary/aromatic N) is 1. The van der Waals surface area contributed by atoms with Crippen molar-refractivity contribution in [3.8, 4) is 0 Å². The van der Waals surface area contributed by atoms with Crippen LogP contribution in [-0.2, 0) is 9.47 Å². The van der Waals surface area contributed by atoms with Gasteiger partial charge in [0.1, 0.15) is 5.82 Å². The number of pyridine rings is 1. The first-order valence-corrected chi connectivity index (χ1v) is 6.27. The molecule has 1 fully saturated rings. The number of hydrogen-bond acceptors (Lipinski definition) is 6. The summed E-state index contributed by atoms with van der Waals surface area (Å²) < 4.78 is 10.3. The molecule has 0 saturated carbocycles. The van der Waals surface area contributed by atoms with Crippen molar-refractivity contribution in [3.05, 3.63) is 17.8 Å². The number of anilines is 2. The van der Waals surface area contributed by atoms with E-state index in [9.17, 15) is 4.79 Å². The van der Waals surface area contributed by atoms with E-state index in [1.807, 2.05) is 6.92 Å². The molecule has 1 aromatic heterocycles. The summed E-state index contributed by atoms with van der Waals surface area (Å²) in [6.45, 7) is 3.44. The number of hydrogen-bond donors (Lipinski definition) is 2. The van der Waals surface area contributed by atoms with E-state index in [0.717, 1.165) is 19.4 Å². The lowest BCUT2D eigenvalue weighted by Gasteiger charge is -2.24. The van der Waals surface area contributed by atoms with Gasteiger partial charge in [0.15, 0.2) is 5.69 Å². The van der Waals surface area contributed by atoms with E-state index in [-0.39, 0.29) is 11.3 Å². The predicted octanol–water partition coefficient (Wildman–Crippen LogP) is 1.43. The van der Waals surface area contributed by atoms with E-state index in [0.29, 0.717) is 18.1 Å². The summed E-state index contributed by atoms with van der Waals surface area (Å²) >= 11 is 0. The standard InChI is InChI=1S/C13H19N3O3/c1-13(6-3-7-19-13)8-15-11-9(14)4-5-10(16-11)12(17)18-2/h4-5H,3,6-8,14H2,1-2H3,(H,15,16). The second kappa shape index (κ2) is 5.44. The number of rotatable bonds is 4. The molecule has 0 bridgehead atoms. The van der Waals surface area contributed by atoms with E-state index < -0.39 is 5.97 Å². The van der Waals surface area contributed by atoms with Crippen LogP contribution >= 0.6 is 0 Å². The molecule has 2 heterocycles. The molecule has 0 spiro atoms.